The zero-order chi connectivity index (χ0) is 19.4. The molecule has 0 atom stereocenters. The molecule has 7 heteroatoms. The van der Waals surface area contributed by atoms with E-state index in [1.807, 2.05) is 40.1 Å². The summed E-state index contributed by atoms with van der Waals surface area (Å²) in [6.07, 6.45) is 1.21. The summed E-state index contributed by atoms with van der Waals surface area (Å²) in [6.45, 7) is 5.85. The Labute approximate surface area is 158 Å². The average molecular weight is 372 g/mol. The van der Waals surface area contributed by atoms with E-state index in [1.165, 1.54) is 0 Å². The van der Waals surface area contributed by atoms with Crippen LogP contribution in [0.1, 0.15) is 37.4 Å². The molecule has 1 saturated heterocycles. The van der Waals surface area contributed by atoms with Crippen LogP contribution >= 0.6 is 0 Å². The monoisotopic (exact) mass is 372 g/mol. The smallest absolute Gasteiger partial charge is 0.288 e. The quantitative estimate of drug-likeness (QED) is 0.875. The van der Waals surface area contributed by atoms with Gasteiger partial charge in [-0.05, 0) is 17.9 Å². The first kappa shape index (κ1) is 19.1. The number of hydrogen-bond acceptors (Lipinski definition) is 4. The van der Waals surface area contributed by atoms with Crippen LogP contribution in [-0.2, 0) is 11.2 Å². The number of H-pyrrole nitrogens is 1. The van der Waals surface area contributed by atoms with E-state index in [1.54, 1.807) is 13.8 Å². The molecule has 1 aromatic heterocycles. The number of hydrogen-bond donors (Lipinski definition) is 1. The molecule has 1 N–H and O–H groups in total. The van der Waals surface area contributed by atoms with E-state index >= 15 is 0 Å². The Kier molecular flexibility index (Phi) is 5.88. The van der Waals surface area contributed by atoms with Crippen molar-refractivity contribution in [2.24, 2.45) is 0 Å². The number of benzene rings is 1. The van der Waals surface area contributed by atoms with Crippen LogP contribution in [0, 0.1) is 5.82 Å². The molecule has 1 aliphatic heterocycles. The zero-order valence-corrected chi connectivity index (χ0v) is 15.7. The van der Waals surface area contributed by atoms with Crippen LogP contribution in [0.3, 0.4) is 0 Å². The minimum atomic E-state index is -0.816. The molecular formula is C20H25FN4O2. The molecule has 0 aliphatic carbocycles. The Morgan fingerprint density at radius 2 is 1.85 bits per heavy atom. The van der Waals surface area contributed by atoms with Crippen molar-refractivity contribution in [3.63, 3.8) is 0 Å². The normalized spacial score (nSPS) is 14.7. The summed E-state index contributed by atoms with van der Waals surface area (Å²) in [5.41, 5.74) is 0.582. The number of aryl methyl sites for hydroxylation is 1. The van der Waals surface area contributed by atoms with Crippen LogP contribution in [0.5, 0.6) is 0 Å². The van der Waals surface area contributed by atoms with Gasteiger partial charge in [0.1, 0.15) is 0 Å². The number of aromatic nitrogens is 2. The molecule has 1 aromatic carbocycles. The highest BCUT2D eigenvalue weighted by Gasteiger charge is 2.24. The van der Waals surface area contributed by atoms with Gasteiger partial charge in [0.05, 0.1) is 5.69 Å². The number of carbonyl (C=O) groups excluding carboxylic acids is 1. The lowest BCUT2D eigenvalue weighted by molar-refractivity contribution is -0.131. The van der Waals surface area contributed by atoms with E-state index in [0.717, 1.165) is 12.0 Å². The Morgan fingerprint density at radius 3 is 2.48 bits per heavy atom. The third-order valence-corrected chi connectivity index (χ3v) is 4.83. The molecule has 144 valence electrons. The Hall–Kier alpha value is -2.70. The number of aromatic amines is 1. The molecule has 1 fully saturated rings. The lowest BCUT2D eigenvalue weighted by Crippen LogP contribution is -2.49. The van der Waals surface area contributed by atoms with Gasteiger partial charge < -0.3 is 9.80 Å². The first-order valence-electron chi connectivity index (χ1n) is 9.32. The molecule has 2 heterocycles. The van der Waals surface area contributed by atoms with Crippen molar-refractivity contribution in [3.8, 4) is 0 Å². The molecular weight excluding hydrogens is 347 g/mol. The van der Waals surface area contributed by atoms with Crippen molar-refractivity contribution in [1.82, 2.24) is 14.9 Å². The van der Waals surface area contributed by atoms with Crippen LogP contribution in [0.4, 0.5) is 10.3 Å². The predicted octanol–water partition coefficient (Wildman–Crippen LogP) is 2.31. The Bertz CT molecular complexity index is 843. The number of halogens is 1. The fourth-order valence-electron chi connectivity index (χ4n) is 3.22. The SMILES string of the molecule is CC(C)c1nc(N2CCN(C(=O)CCc3ccccc3)CC2)[nH]c(=O)c1F. The summed E-state index contributed by atoms with van der Waals surface area (Å²) in [7, 11) is 0. The lowest BCUT2D eigenvalue weighted by atomic mass is 10.1. The highest BCUT2D eigenvalue weighted by atomic mass is 19.1. The van der Waals surface area contributed by atoms with E-state index < -0.39 is 11.4 Å². The number of nitrogens with zero attached hydrogens (tertiary/aromatic N) is 3. The lowest BCUT2D eigenvalue weighted by Gasteiger charge is -2.35. The number of anilines is 1. The van der Waals surface area contributed by atoms with Crippen molar-refractivity contribution < 1.29 is 9.18 Å². The van der Waals surface area contributed by atoms with Gasteiger partial charge in [-0.3, -0.25) is 14.6 Å². The predicted molar refractivity (Wildman–Crippen MR) is 102 cm³/mol. The van der Waals surface area contributed by atoms with Crippen LogP contribution in [0.25, 0.3) is 0 Å². The highest BCUT2D eigenvalue weighted by Crippen LogP contribution is 2.17. The highest BCUT2D eigenvalue weighted by molar-refractivity contribution is 5.76. The summed E-state index contributed by atoms with van der Waals surface area (Å²) < 4.78 is 13.9. The van der Waals surface area contributed by atoms with Crippen LogP contribution in [-0.4, -0.2) is 47.0 Å². The van der Waals surface area contributed by atoms with Gasteiger partial charge in [0.25, 0.3) is 5.56 Å². The van der Waals surface area contributed by atoms with Crippen molar-refractivity contribution in [2.45, 2.75) is 32.6 Å². The molecule has 3 rings (SSSR count). The fraction of sp³-hybridized carbons (Fsp3) is 0.450. The van der Waals surface area contributed by atoms with Gasteiger partial charge in [-0.1, -0.05) is 44.2 Å². The van der Waals surface area contributed by atoms with Gasteiger partial charge in [0, 0.05) is 32.6 Å². The zero-order valence-electron chi connectivity index (χ0n) is 15.7. The second-order valence-electron chi connectivity index (χ2n) is 7.10. The number of piperazine rings is 1. The minimum Gasteiger partial charge on any atom is -0.339 e. The first-order chi connectivity index (χ1) is 13.0. The summed E-state index contributed by atoms with van der Waals surface area (Å²) >= 11 is 0. The van der Waals surface area contributed by atoms with Crippen molar-refractivity contribution in [1.29, 1.82) is 0 Å². The largest absolute Gasteiger partial charge is 0.339 e. The van der Waals surface area contributed by atoms with E-state index in [-0.39, 0.29) is 17.5 Å². The number of rotatable bonds is 5. The van der Waals surface area contributed by atoms with E-state index in [9.17, 15) is 14.0 Å². The number of amides is 1. The topological polar surface area (TPSA) is 69.3 Å². The van der Waals surface area contributed by atoms with Gasteiger partial charge in [-0.2, -0.15) is 4.39 Å². The van der Waals surface area contributed by atoms with Gasteiger partial charge in [-0.25, -0.2) is 4.98 Å². The first-order valence-corrected chi connectivity index (χ1v) is 9.32. The molecule has 0 radical (unpaired) electrons. The van der Waals surface area contributed by atoms with Gasteiger partial charge >= 0.3 is 0 Å². The molecule has 0 unspecified atom stereocenters. The minimum absolute atomic E-state index is 0.127. The molecule has 0 spiro atoms. The number of nitrogens with one attached hydrogen (secondary N) is 1. The van der Waals surface area contributed by atoms with E-state index in [2.05, 4.69) is 9.97 Å². The molecule has 1 amide bonds. The second kappa shape index (κ2) is 8.33. The second-order valence-corrected chi connectivity index (χ2v) is 7.10. The Morgan fingerprint density at radius 1 is 1.19 bits per heavy atom. The molecule has 1 aliphatic rings. The maximum absolute atomic E-state index is 13.9. The maximum Gasteiger partial charge on any atom is 0.288 e. The van der Waals surface area contributed by atoms with E-state index in [0.29, 0.717) is 38.5 Å². The van der Waals surface area contributed by atoms with Crippen molar-refractivity contribution >= 4 is 11.9 Å². The molecule has 0 saturated carbocycles. The van der Waals surface area contributed by atoms with Crippen LogP contribution < -0.4 is 10.5 Å². The number of carbonyl (C=O) groups is 1. The summed E-state index contributed by atoms with van der Waals surface area (Å²) in [4.78, 5) is 34.8. The van der Waals surface area contributed by atoms with Crippen molar-refractivity contribution in [3.05, 3.63) is 57.8 Å². The standard InChI is InChI=1S/C20H25FN4O2/c1-14(2)18-17(21)19(27)23-20(22-18)25-12-10-24(11-13-25)16(26)9-8-15-6-4-3-5-7-15/h3-7,14H,8-13H2,1-2H3,(H,22,23,27). The van der Waals surface area contributed by atoms with Gasteiger partial charge in [0.2, 0.25) is 17.7 Å². The third-order valence-electron chi connectivity index (χ3n) is 4.83. The third kappa shape index (κ3) is 4.53. The molecule has 2 aromatic rings. The van der Waals surface area contributed by atoms with E-state index in [4.69, 9.17) is 0 Å². The van der Waals surface area contributed by atoms with Crippen LogP contribution in [0.15, 0.2) is 35.1 Å². The Balaban J connectivity index is 1.59. The summed E-state index contributed by atoms with van der Waals surface area (Å²) in [5, 5.41) is 0. The van der Waals surface area contributed by atoms with Crippen molar-refractivity contribution in [2.75, 3.05) is 31.1 Å². The maximum atomic E-state index is 13.9. The van der Waals surface area contributed by atoms with Gasteiger partial charge in [-0.15, -0.1) is 0 Å². The molecule has 0 bridgehead atoms. The fourth-order valence-corrected chi connectivity index (χ4v) is 3.22. The summed E-state index contributed by atoms with van der Waals surface area (Å²) in [6, 6.07) is 9.95. The molecule has 27 heavy (non-hydrogen) atoms. The average Bonchev–Trinajstić information content (AvgIpc) is 2.68. The molecule has 6 nitrogen and oxygen atoms in total. The van der Waals surface area contributed by atoms with Crippen LogP contribution in [0.2, 0.25) is 0 Å². The van der Waals surface area contributed by atoms with Gasteiger partial charge in [0.15, 0.2) is 0 Å². The summed E-state index contributed by atoms with van der Waals surface area (Å²) in [5.74, 6) is -0.487.